The minimum Gasteiger partial charge on any atom is -0.508 e. The van der Waals surface area contributed by atoms with Gasteiger partial charge in [0.1, 0.15) is 9.86 Å². The molecule has 0 saturated heterocycles. The minimum absolute atomic E-state index is 0.130. The first-order valence-electron chi connectivity index (χ1n) is 11.2. The number of aliphatic hydroxyl groups excluding tert-OH is 1. The Bertz CT molecular complexity index is 381. The lowest BCUT2D eigenvalue weighted by Gasteiger charge is -2.04. The van der Waals surface area contributed by atoms with Crippen LogP contribution in [0.2, 0.25) is 0 Å². The maximum Gasteiger partial charge on any atom is 0.115 e. The van der Waals surface area contributed by atoms with Crippen LogP contribution in [0.5, 0.6) is 5.75 Å². The van der Waals surface area contributed by atoms with Crippen molar-refractivity contribution in [2.24, 2.45) is 0 Å². The molecule has 1 aromatic carbocycles. The van der Waals surface area contributed by atoms with Gasteiger partial charge in [-0.2, -0.15) is 0 Å². The molecule has 2 N–H and O–H groups in total. The van der Waals surface area contributed by atoms with Gasteiger partial charge in [-0.1, -0.05) is 144 Å². The molecule has 1 atom stereocenters. The molecular formula is C24H43IO2. The summed E-state index contributed by atoms with van der Waals surface area (Å²) in [6.45, 7) is 2.28. The van der Waals surface area contributed by atoms with Crippen molar-refractivity contribution in [2.75, 3.05) is 0 Å². The van der Waals surface area contributed by atoms with Gasteiger partial charge in [0.15, 0.2) is 0 Å². The highest BCUT2D eigenvalue weighted by Gasteiger charge is 1.97. The summed E-state index contributed by atoms with van der Waals surface area (Å²) in [5, 5.41) is 17.8. The number of aromatic hydroxyl groups is 1. The number of halogens is 1. The number of para-hydroxylation sites is 1. The molecule has 0 bridgehead atoms. The molecule has 0 amide bonds. The fourth-order valence-electron chi connectivity index (χ4n) is 3.11. The minimum atomic E-state index is -0.130. The molecule has 0 aliphatic rings. The Morgan fingerprint density at radius 3 is 1.33 bits per heavy atom. The first kappa shape index (κ1) is 26.7. The number of phenolic OH excluding ortho intramolecular Hbond substituents is 1. The molecule has 0 radical (unpaired) electrons. The smallest absolute Gasteiger partial charge is 0.115 e. The summed E-state index contributed by atoms with van der Waals surface area (Å²) in [6.07, 6.45) is 22.1. The second kappa shape index (κ2) is 22.0. The van der Waals surface area contributed by atoms with E-state index in [0.717, 1.165) is 6.42 Å². The molecule has 0 aromatic heterocycles. The van der Waals surface area contributed by atoms with E-state index in [0.29, 0.717) is 5.75 Å². The topological polar surface area (TPSA) is 40.5 Å². The molecule has 1 rings (SSSR count). The number of aliphatic hydroxyl groups is 1. The third kappa shape index (κ3) is 23.7. The summed E-state index contributed by atoms with van der Waals surface area (Å²) < 4.78 is -0.130. The van der Waals surface area contributed by atoms with Crippen LogP contribution in [0.15, 0.2) is 30.3 Å². The van der Waals surface area contributed by atoms with Gasteiger partial charge < -0.3 is 10.2 Å². The second-order valence-electron chi connectivity index (χ2n) is 7.51. The van der Waals surface area contributed by atoms with Crippen molar-refractivity contribution in [1.82, 2.24) is 0 Å². The zero-order valence-electron chi connectivity index (χ0n) is 17.6. The van der Waals surface area contributed by atoms with Crippen LogP contribution in [0.25, 0.3) is 0 Å². The predicted molar refractivity (Wildman–Crippen MR) is 128 cm³/mol. The molecule has 1 aromatic rings. The van der Waals surface area contributed by atoms with Crippen molar-refractivity contribution in [3.05, 3.63) is 30.3 Å². The third-order valence-electron chi connectivity index (χ3n) is 4.80. The molecule has 0 fully saturated rings. The number of unbranched alkanes of at least 4 members (excludes halogenated alkanes) is 14. The Morgan fingerprint density at radius 2 is 1.04 bits per heavy atom. The molecule has 0 aliphatic heterocycles. The van der Waals surface area contributed by atoms with Gasteiger partial charge in [-0.05, 0) is 18.6 Å². The maximum absolute atomic E-state index is 9.14. The number of phenols is 1. The lowest BCUT2D eigenvalue weighted by Crippen LogP contribution is -1.93. The average Bonchev–Trinajstić information content (AvgIpc) is 2.66. The lowest BCUT2D eigenvalue weighted by molar-refractivity contribution is 0.263. The highest BCUT2D eigenvalue weighted by molar-refractivity contribution is 14.1. The summed E-state index contributed by atoms with van der Waals surface area (Å²) in [5.41, 5.74) is 0. The normalized spacial score (nSPS) is 11.7. The van der Waals surface area contributed by atoms with E-state index in [9.17, 15) is 0 Å². The van der Waals surface area contributed by atoms with E-state index in [-0.39, 0.29) is 4.11 Å². The van der Waals surface area contributed by atoms with Crippen LogP contribution < -0.4 is 0 Å². The molecule has 27 heavy (non-hydrogen) atoms. The van der Waals surface area contributed by atoms with E-state index >= 15 is 0 Å². The summed E-state index contributed by atoms with van der Waals surface area (Å²) in [6, 6.07) is 8.71. The van der Waals surface area contributed by atoms with E-state index in [1.165, 1.54) is 96.3 Å². The number of hydrogen-bond donors (Lipinski definition) is 2. The van der Waals surface area contributed by atoms with Gasteiger partial charge in [-0.25, -0.2) is 0 Å². The van der Waals surface area contributed by atoms with Crippen molar-refractivity contribution in [1.29, 1.82) is 0 Å². The second-order valence-corrected chi connectivity index (χ2v) is 8.95. The number of alkyl halides is 1. The van der Waals surface area contributed by atoms with Gasteiger partial charge >= 0.3 is 0 Å². The number of benzene rings is 1. The standard InChI is InChI=1S/C18H37IO.C6H6O/c1-2-3-4-5-6-7-8-9-10-11-12-13-14-15-16-17-18(19)20;7-6-4-2-1-3-5-6/h18,20H,2-17H2,1H3;1-5,7H. The molecule has 1 unspecified atom stereocenters. The Hall–Kier alpha value is -0.290. The highest BCUT2D eigenvalue weighted by Crippen LogP contribution is 2.14. The average molecular weight is 491 g/mol. The van der Waals surface area contributed by atoms with Crippen LogP contribution in [0.4, 0.5) is 0 Å². The zero-order chi connectivity index (χ0) is 20.0. The maximum atomic E-state index is 9.14. The van der Waals surface area contributed by atoms with Gasteiger partial charge in [0, 0.05) is 0 Å². The third-order valence-corrected chi connectivity index (χ3v) is 5.42. The first-order chi connectivity index (χ1) is 13.2. The highest BCUT2D eigenvalue weighted by atomic mass is 127. The number of rotatable bonds is 16. The van der Waals surface area contributed by atoms with E-state index in [4.69, 9.17) is 10.2 Å². The van der Waals surface area contributed by atoms with Gasteiger partial charge in [0.05, 0.1) is 0 Å². The van der Waals surface area contributed by atoms with E-state index in [1.54, 1.807) is 24.3 Å². The molecule has 0 heterocycles. The molecule has 0 saturated carbocycles. The first-order valence-corrected chi connectivity index (χ1v) is 12.5. The molecule has 158 valence electrons. The largest absolute Gasteiger partial charge is 0.508 e. The quantitative estimate of drug-likeness (QED) is 0.139. The Labute approximate surface area is 182 Å². The van der Waals surface area contributed by atoms with Crippen molar-refractivity contribution in [2.45, 2.75) is 114 Å². The van der Waals surface area contributed by atoms with E-state index < -0.39 is 0 Å². The van der Waals surface area contributed by atoms with Crippen molar-refractivity contribution < 1.29 is 10.2 Å². The Balaban J connectivity index is 0.000000797. The Morgan fingerprint density at radius 1 is 0.667 bits per heavy atom. The monoisotopic (exact) mass is 490 g/mol. The van der Waals surface area contributed by atoms with Crippen LogP contribution in [-0.2, 0) is 0 Å². The fraction of sp³-hybridized carbons (Fsp3) is 0.750. The fourth-order valence-corrected chi connectivity index (χ4v) is 3.55. The van der Waals surface area contributed by atoms with Crippen LogP contribution in [-0.4, -0.2) is 14.3 Å². The van der Waals surface area contributed by atoms with E-state index in [1.807, 2.05) is 6.07 Å². The Kier molecular flexibility index (Phi) is 21.8. The SMILES string of the molecule is CCCCCCCCCCCCCCCCCC(O)I.Oc1ccccc1. The van der Waals surface area contributed by atoms with Crippen molar-refractivity contribution in [3.8, 4) is 5.75 Å². The summed E-state index contributed by atoms with van der Waals surface area (Å²) in [4.78, 5) is 0. The predicted octanol–water partition coefficient (Wildman–Crippen LogP) is 8.39. The summed E-state index contributed by atoms with van der Waals surface area (Å²) in [5.74, 6) is 0.322. The lowest BCUT2D eigenvalue weighted by atomic mass is 10.0. The van der Waals surface area contributed by atoms with Crippen molar-refractivity contribution in [3.63, 3.8) is 0 Å². The van der Waals surface area contributed by atoms with Gasteiger partial charge in [-0.15, -0.1) is 0 Å². The summed E-state index contributed by atoms with van der Waals surface area (Å²) >= 11 is 2.10. The van der Waals surface area contributed by atoms with E-state index in [2.05, 4.69) is 29.5 Å². The molecular weight excluding hydrogens is 447 g/mol. The molecule has 2 nitrogen and oxygen atoms in total. The molecule has 3 heteroatoms. The zero-order valence-corrected chi connectivity index (χ0v) is 19.7. The van der Waals surface area contributed by atoms with Gasteiger partial charge in [0.2, 0.25) is 0 Å². The number of hydrogen-bond acceptors (Lipinski definition) is 2. The molecule has 0 aliphatic carbocycles. The van der Waals surface area contributed by atoms with Gasteiger partial charge in [0.25, 0.3) is 0 Å². The van der Waals surface area contributed by atoms with Crippen LogP contribution in [0, 0.1) is 0 Å². The van der Waals surface area contributed by atoms with Crippen LogP contribution >= 0.6 is 22.6 Å². The summed E-state index contributed by atoms with van der Waals surface area (Å²) in [7, 11) is 0. The molecule has 0 spiro atoms. The van der Waals surface area contributed by atoms with Crippen LogP contribution in [0.1, 0.15) is 110 Å². The van der Waals surface area contributed by atoms with Gasteiger partial charge in [-0.3, -0.25) is 0 Å². The van der Waals surface area contributed by atoms with Crippen LogP contribution in [0.3, 0.4) is 0 Å². The van der Waals surface area contributed by atoms with Crippen molar-refractivity contribution >= 4 is 22.6 Å².